The van der Waals surface area contributed by atoms with Gasteiger partial charge in [0.05, 0.1) is 6.04 Å². The minimum Gasteiger partial charge on any atom is -0.345 e. The highest BCUT2D eigenvalue weighted by Gasteiger charge is 2.33. The number of fused-ring (bicyclic) bond motifs is 1. The van der Waals surface area contributed by atoms with Gasteiger partial charge in [0.25, 0.3) is 5.91 Å². The lowest BCUT2D eigenvalue weighted by Crippen LogP contribution is -2.25. The van der Waals surface area contributed by atoms with Crippen molar-refractivity contribution in [3.05, 3.63) is 65.7 Å². The van der Waals surface area contributed by atoms with Gasteiger partial charge in [-0.2, -0.15) is 18.3 Å². The molecule has 0 fully saturated rings. The molecule has 138 valence electrons. The molecule has 1 aliphatic heterocycles. The highest BCUT2D eigenvalue weighted by molar-refractivity contribution is 5.99. The number of alkyl halides is 3. The van der Waals surface area contributed by atoms with E-state index in [0.717, 1.165) is 10.2 Å². The van der Waals surface area contributed by atoms with Gasteiger partial charge >= 0.3 is 6.18 Å². The van der Waals surface area contributed by atoms with Gasteiger partial charge in [0.15, 0.2) is 5.82 Å². The largest absolute Gasteiger partial charge is 0.408 e. The summed E-state index contributed by atoms with van der Waals surface area (Å²) in [7, 11) is 0. The van der Waals surface area contributed by atoms with Crippen LogP contribution in [0.2, 0.25) is 0 Å². The van der Waals surface area contributed by atoms with Crippen molar-refractivity contribution in [1.29, 1.82) is 0 Å². The lowest BCUT2D eigenvalue weighted by molar-refractivity contribution is -0.143. The quantitative estimate of drug-likeness (QED) is 0.763. The third-order valence-electron chi connectivity index (χ3n) is 4.27. The van der Waals surface area contributed by atoms with Crippen LogP contribution in [0.25, 0.3) is 11.4 Å². The van der Waals surface area contributed by atoms with Gasteiger partial charge in [0.2, 0.25) is 0 Å². The Labute approximate surface area is 152 Å². The van der Waals surface area contributed by atoms with Crippen LogP contribution in [0.1, 0.15) is 27.8 Å². The average Bonchev–Trinajstić information content (AvgIpc) is 3.17. The summed E-state index contributed by atoms with van der Waals surface area (Å²) in [4.78, 5) is 20.3. The number of pyridine rings is 1. The molecule has 4 rings (SSSR count). The molecule has 0 aliphatic carbocycles. The molecule has 2 aromatic heterocycles. The van der Waals surface area contributed by atoms with E-state index >= 15 is 0 Å². The summed E-state index contributed by atoms with van der Waals surface area (Å²) in [5, 5.41) is 6.81. The molecule has 1 N–H and O–H groups in total. The first-order valence-electron chi connectivity index (χ1n) is 8.21. The van der Waals surface area contributed by atoms with E-state index in [2.05, 4.69) is 20.4 Å². The minimum atomic E-state index is -4.44. The summed E-state index contributed by atoms with van der Waals surface area (Å²) in [5.74, 6) is 0.0677. The molecule has 0 radical (unpaired) electrons. The molecular weight excluding hydrogens is 359 g/mol. The molecule has 0 spiro atoms. The Kier molecular flexibility index (Phi) is 4.14. The fourth-order valence-electron chi connectivity index (χ4n) is 3.10. The first-order valence-corrected chi connectivity index (χ1v) is 8.21. The van der Waals surface area contributed by atoms with Crippen LogP contribution in [0.15, 0.2) is 48.8 Å². The van der Waals surface area contributed by atoms with E-state index in [9.17, 15) is 18.0 Å². The number of carbonyl (C=O) groups is 1. The van der Waals surface area contributed by atoms with Gasteiger partial charge in [0, 0.05) is 29.9 Å². The first kappa shape index (κ1) is 17.2. The zero-order valence-electron chi connectivity index (χ0n) is 13.9. The maximum atomic E-state index is 13.0. The molecular formula is C18H14F3N5O. The van der Waals surface area contributed by atoms with E-state index < -0.39 is 18.8 Å². The van der Waals surface area contributed by atoms with E-state index in [1.54, 1.807) is 42.6 Å². The number of aromatic nitrogens is 4. The molecule has 27 heavy (non-hydrogen) atoms. The fourth-order valence-corrected chi connectivity index (χ4v) is 3.10. The first-order chi connectivity index (χ1) is 12.9. The topological polar surface area (TPSA) is 72.7 Å². The third-order valence-corrected chi connectivity index (χ3v) is 4.27. The molecule has 0 bridgehead atoms. The molecule has 9 heteroatoms. The summed E-state index contributed by atoms with van der Waals surface area (Å²) < 4.78 is 39.8. The number of nitrogens with one attached hydrogen (secondary N) is 1. The number of carbonyl (C=O) groups excluding carboxylic acids is 1. The van der Waals surface area contributed by atoms with Crippen LogP contribution in [0.4, 0.5) is 13.2 Å². The standard InChI is InChI=1S/C18H14F3N5O/c19-18(20,21)10-26-15(24-16(25-26)11-4-3-7-22-9-11)8-14-12-5-1-2-6-13(12)17(27)23-14/h1-7,9,14H,8,10H2,(H,23,27)/t14-/m0/s1. The SMILES string of the molecule is O=C1N[C@@H](Cc2nc(-c3cccnc3)nn2CC(F)(F)F)c2ccccc21. The Morgan fingerprint density at radius 2 is 1.96 bits per heavy atom. The van der Waals surface area contributed by atoms with Crippen LogP contribution < -0.4 is 5.32 Å². The minimum absolute atomic E-state index is 0.103. The molecule has 1 aromatic carbocycles. The van der Waals surface area contributed by atoms with E-state index in [1.807, 2.05) is 0 Å². The van der Waals surface area contributed by atoms with E-state index in [-0.39, 0.29) is 24.0 Å². The fraction of sp³-hybridized carbons (Fsp3) is 0.222. The van der Waals surface area contributed by atoms with Gasteiger partial charge in [-0.25, -0.2) is 9.67 Å². The van der Waals surface area contributed by atoms with Crippen molar-refractivity contribution in [2.24, 2.45) is 0 Å². The van der Waals surface area contributed by atoms with E-state index in [1.165, 1.54) is 6.20 Å². The van der Waals surface area contributed by atoms with Crippen LogP contribution >= 0.6 is 0 Å². The van der Waals surface area contributed by atoms with Crippen molar-refractivity contribution in [3.8, 4) is 11.4 Å². The maximum absolute atomic E-state index is 13.0. The van der Waals surface area contributed by atoms with Gasteiger partial charge in [0.1, 0.15) is 12.4 Å². The molecule has 6 nitrogen and oxygen atoms in total. The molecule has 0 saturated carbocycles. The van der Waals surface area contributed by atoms with Gasteiger partial charge in [-0.05, 0) is 23.8 Å². The lowest BCUT2D eigenvalue weighted by atomic mass is 10.0. The normalized spacial score (nSPS) is 16.3. The highest BCUT2D eigenvalue weighted by atomic mass is 19.4. The number of hydrogen-bond acceptors (Lipinski definition) is 4. The van der Waals surface area contributed by atoms with Crippen LogP contribution in [0.5, 0.6) is 0 Å². The Bertz CT molecular complexity index is 984. The number of hydrogen-bond donors (Lipinski definition) is 1. The zero-order valence-corrected chi connectivity index (χ0v) is 13.9. The summed E-state index contributed by atoms with van der Waals surface area (Å²) in [6.07, 6.45) is -1.29. The third kappa shape index (κ3) is 3.53. The van der Waals surface area contributed by atoms with Gasteiger partial charge < -0.3 is 5.32 Å². The smallest absolute Gasteiger partial charge is 0.345 e. The second kappa shape index (κ2) is 6.49. The van der Waals surface area contributed by atoms with Crippen LogP contribution in [-0.4, -0.2) is 31.8 Å². The van der Waals surface area contributed by atoms with Crippen molar-refractivity contribution in [2.75, 3.05) is 0 Å². The summed E-state index contributed by atoms with van der Waals surface area (Å²) in [5.41, 5.74) is 1.79. The van der Waals surface area contributed by atoms with E-state index in [0.29, 0.717) is 11.1 Å². The molecule has 1 atom stereocenters. The summed E-state index contributed by atoms with van der Waals surface area (Å²) in [6, 6.07) is 9.88. The van der Waals surface area contributed by atoms with Crippen molar-refractivity contribution >= 4 is 5.91 Å². The lowest BCUT2D eigenvalue weighted by Gasteiger charge is -2.13. The number of amides is 1. The number of benzene rings is 1. The second-order valence-corrected chi connectivity index (χ2v) is 6.18. The maximum Gasteiger partial charge on any atom is 0.408 e. The van der Waals surface area contributed by atoms with Crippen molar-refractivity contribution in [2.45, 2.75) is 25.2 Å². The van der Waals surface area contributed by atoms with Crippen molar-refractivity contribution in [1.82, 2.24) is 25.1 Å². The Hall–Kier alpha value is -3.23. The molecule has 3 aromatic rings. The number of rotatable bonds is 4. The summed E-state index contributed by atoms with van der Waals surface area (Å²) in [6.45, 7) is -1.25. The monoisotopic (exact) mass is 373 g/mol. The molecule has 0 unspecified atom stereocenters. The number of nitrogens with zero attached hydrogens (tertiary/aromatic N) is 4. The van der Waals surface area contributed by atoms with Gasteiger partial charge in [-0.1, -0.05) is 18.2 Å². The predicted octanol–water partition coefficient (Wildman–Crippen LogP) is 2.93. The molecule has 1 aliphatic rings. The predicted molar refractivity (Wildman–Crippen MR) is 89.7 cm³/mol. The Morgan fingerprint density at radius 1 is 1.15 bits per heavy atom. The van der Waals surface area contributed by atoms with E-state index in [4.69, 9.17) is 0 Å². The molecule has 3 heterocycles. The van der Waals surface area contributed by atoms with Crippen LogP contribution in [0.3, 0.4) is 0 Å². The molecule has 0 saturated heterocycles. The van der Waals surface area contributed by atoms with Crippen molar-refractivity contribution < 1.29 is 18.0 Å². The Morgan fingerprint density at radius 3 is 2.70 bits per heavy atom. The highest BCUT2D eigenvalue weighted by Crippen LogP contribution is 2.29. The Balaban J connectivity index is 1.69. The van der Waals surface area contributed by atoms with Gasteiger partial charge in [-0.3, -0.25) is 9.78 Å². The summed E-state index contributed by atoms with van der Waals surface area (Å²) >= 11 is 0. The van der Waals surface area contributed by atoms with Gasteiger partial charge in [-0.15, -0.1) is 0 Å². The second-order valence-electron chi connectivity index (χ2n) is 6.18. The van der Waals surface area contributed by atoms with Crippen LogP contribution in [-0.2, 0) is 13.0 Å². The zero-order chi connectivity index (χ0) is 19.0. The van der Waals surface area contributed by atoms with Crippen molar-refractivity contribution in [3.63, 3.8) is 0 Å². The number of halogens is 3. The van der Waals surface area contributed by atoms with Crippen LogP contribution in [0, 0.1) is 0 Å². The average molecular weight is 373 g/mol. The molecule has 1 amide bonds.